The highest BCUT2D eigenvalue weighted by Crippen LogP contribution is 2.62. The summed E-state index contributed by atoms with van der Waals surface area (Å²) in [6.07, 6.45) is -10.6. The minimum Gasteiger partial charge on any atom is -0.459 e. The first-order chi connectivity index (χ1) is 27.1. The van der Waals surface area contributed by atoms with Crippen LogP contribution in [0.15, 0.2) is 36.4 Å². The van der Waals surface area contributed by atoms with Crippen molar-refractivity contribution in [3.05, 3.63) is 42.0 Å². The Morgan fingerprint density at radius 1 is 0.789 bits per heavy atom. The van der Waals surface area contributed by atoms with Gasteiger partial charge in [-0.1, -0.05) is 37.3 Å². The van der Waals surface area contributed by atoms with E-state index in [1.54, 1.807) is 6.08 Å². The first kappa shape index (κ1) is 41.6. The molecule has 3 N–H and O–H groups in total. The zero-order valence-corrected chi connectivity index (χ0v) is 32.5. The van der Waals surface area contributed by atoms with Gasteiger partial charge >= 0.3 is 23.9 Å². The highest BCUT2D eigenvalue weighted by Gasteiger charge is 2.76. The number of fused-ring (bicyclic) bond motifs is 3. The van der Waals surface area contributed by atoms with Gasteiger partial charge in [-0.3, -0.25) is 14.4 Å². The average Bonchev–Trinajstić information content (AvgIpc) is 3.94. The predicted octanol–water partition coefficient (Wildman–Crippen LogP) is 1.31. The molecule has 6 aliphatic rings. The van der Waals surface area contributed by atoms with Crippen molar-refractivity contribution in [3.63, 3.8) is 0 Å². The van der Waals surface area contributed by atoms with Gasteiger partial charge in [0.1, 0.15) is 24.4 Å². The maximum atomic E-state index is 14.0. The van der Waals surface area contributed by atoms with E-state index in [9.17, 15) is 34.5 Å². The molecule has 0 aromatic heterocycles. The van der Waals surface area contributed by atoms with Crippen molar-refractivity contribution in [2.24, 2.45) is 17.8 Å². The lowest BCUT2D eigenvalue weighted by atomic mass is 9.72. The van der Waals surface area contributed by atoms with Crippen LogP contribution in [0, 0.1) is 17.8 Å². The number of esters is 4. The molecule has 17 unspecified atom stereocenters. The normalized spacial score (nSPS) is 44.0. The summed E-state index contributed by atoms with van der Waals surface area (Å²) in [6, 6.07) is 9.42. The molecule has 1 aliphatic carbocycles. The molecule has 314 valence electrons. The molecular formula is C40H52O17. The molecule has 17 nitrogen and oxygen atoms in total. The standard InChI is InChI=1S/C40H52O17/c1-19-17-48-40(16-28(19)54-29(43)14-11-24-9-7-6-8-10-24)39(18-49-39)26-13-12-25(15-27(26)57-40)36(47)56-38-35(34(53-23(5)42)31(45)21(3)51-38)55-37-32(46)33(52-22(4)41)30(44)20(2)50-37/h6-11,14,19-21,25-28,30-35,37-38,44-46H,12-13,15-18H2,1-5H3. The van der Waals surface area contributed by atoms with Crippen LogP contribution in [0.2, 0.25) is 0 Å². The van der Waals surface area contributed by atoms with E-state index < -0.39 is 115 Å². The molecule has 2 spiro atoms. The van der Waals surface area contributed by atoms with E-state index in [0.717, 1.165) is 19.4 Å². The van der Waals surface area contributed by atoms with Crippen LogP contribution in [-0.4, -0.2) is 137 Å². The van der Waals surface area contributed by atoms with Gasteiger partial charge in [-0.15, -0.1) is 0 Å². The van der Waals surface area contributed by atoms with E-state index in [1.165, 1.54) is 19.9 Å². The van der Waals surface area contributed by atoms with Crippen molar-refractivity contribution < 1.29 is 81.9 Å². The molecule has 17 atom stereocenters. The molecule has 5 saturated heterocycles. The third-order valence-corrected chi connectivity index (χ3v) is 12.0. The highest BCUT2D eigenvalue weighted by molar-refractivity contribution is 5.87. The van der Waals surface area contributed by atoms with Crippen molar-refractivity contribution in [2.75, 3.05) is 13.2 Å². The molecule has 0 amide bonds. The van der Waals surface area contributed by atoms with Gasteiger partial charge in [0.2, 0.25) is 12.1 Å². The third kappa shape index (κ3) is 8.36. The summed E-state index contributed by atoms with van der Waals surface area (Å²) in [7, 11) is 0. The largest absolute Gasteiger partial charge is 0.459 e. The van der Waals surface area contributed by atoms with Crippen LogP contribution in [0.5, 0.6) is 0 Å². The van der Waals surface area contributed by atoms with Gasteiger partial charge in [0.15, 0.2) is 30.2 Å². The smallest absolute Gasteiger partial charge is 0.331 e. The van der Waals surface area contributed by atoms with Crippen molar-refractivity contribution in [2.45, 2.75) is 145 Å². The molecule has 1 saturated carbocycles. The summed E-state index contributed by atoms with van der Waals surface area (Å²) in [4.78, 5) is 50.9. The van der Waals surface area contributed by atoms with Gasteiger partial charge in [0.05, 0.1) is 37.4 Å². The lowest BCUT2D eigenvalue weighted by Crippen LogP contribution is -2.64. The summed E-state index contributed by atoms with van der Waals surface area (Å²) in [5.41, 5.74) is 0.102. The van der Waals surface area contributed by atoms with E-state index in [2.05, 4.69) is 0 Å². The van der Waals surface area contributed by atoms with Crippen LogP contribution in [-0.2, 0) is 66.5 Å². The molecule has 0 radical (unpaired) electrons. The number of carbonyl (C=O) groups is 4. The minimum atomic E-state index is -1.73. The molecular weight excluding hydrogens is 752 g/mol. The number of hydrogen-bond donors (Lipinski definition) is 3. The Bertz CT molecular complexity index is 1670. The first-order valence-electron chi connectivity index (χ1n) is 19.6. The Balaban J connectivity index is 1.04. The number of aliphatic hydroxyl groups is 3. The summed E-state index contributed by atoms with van der Waals surface area (Å²) >= 11 is 0. The number of aliphatic hydroxyl groups excluding tert-OH is 3. The lowest BCUT2D eigenvalue weighted by molar-refractivity contribution is -0.358. The Morgan fingerprint density at radius 2 is 1.44 bits per heavy atom. The van der Waals surface area contributed by atoms with Gasteiger partial charge in [-0.25, -0.2) is 4.79 Å². The van der Waals surface area contributed by atoms with Gasteiger partial charge in [0.25, 0.3) is 0 Å². The Labute approximate surface area is 329 Å². The maximum Gasteiger partial charge on any atom is 0.331 e. The van der Waals surface area contributed by atoms with Crippen LogP contribution >= 0.6 is 0 Å². The second kappa shape index (κ2) is 16.6. The number of epoxide rings is 1. The predicted molar refractivity (Wildman–Crippen MR) is 191 cm³/mol. The number of rotatable bonds is 9. The van der Waals surface area contributed by atoms with Gasteiger partial charge in [0, 0.05) is 38.2 Å². The molecule has 17 heteroatoms. The maximum absolute atomic E-state index is 14.0. The first-order valence-corrected chi connectivity index (χ1v) is 19.6. The molecule has 1 aromatic carbocycles. The van der Waals surface area contributed by atoms with Gasteiger partial charge in [-0.2, -0.15) is 0 Å². The van der Waals surface area contributed by atoms with E-state index in [0.29, 0.717) is 19.4 Å². The molecule has 7 rings (SSSR count). The lowest BCUT2D eigenvalue weighted by Gasteiger charge is -2.46. The number of carbonyl (C=O) groups excluding carboxylic acids is 4. The Hall–Kier alpha value is -3.52. The Kier molecular flexibility index (Phi) is 12.1. The highest BCUT2D eigenvalue weighted by atomic mass is 16.8. The van der Waals surface area contributed by atoms with Crippen molar-refractivity contribution in [3.8, 4) is 0 Å². The van der Waals surface area contributed by atoms with Crippen LogP contribution in [0.1, 0.15) is 65.9 Å². The van der Waals surface area contributed by atoms with E-state index >= 15 is 0 Å². The number of benzene rings is 1. The second-order valence-electron chi connectivity index (χ2n) is 16.0. The third-order valence-electron chi connectivity index (χ3n) is 12.0. The fourth-order valence-corrected chi connectivity index (χ4v) is 8.85. The molecule has 6 fully saturated rings. The quantitative estimate of drug-likeness (QED) is 0.139. The van der Waals surface area contributed by atoms with Crippen molar-refractivity contribution >= 4 is 30.0 Å². The van der Waals surface area contributed by atoms with Crippen molar-refractivity contribution in [1.29, 1.82) is 0 Å². The monoisotopic (exact) mass is 804 g/mol. The fraction of sp³-hybridized carbons (Fsp3) is 0.700. The van der Waals surface area contributed by atoms with Crippen LogP contribution in [0.4, 0.5) is 0 Å². The van der Waals surface area contributed by atoms with E-state index in [4.69, 9.17) is 47.4 Å². The van der Waals surface area contributed by atoms with Crippen LogP contribution < -0.4 is 0 Å². The molecule has 0 bridgehead atoms. The zero-order chi connectivity index (χ0) is 40.8. The zero-order valence-electron chi connectivity index (χ0n) is 32.5. The summed E-state index contributed by atoms with van der Waals surface area (Å²) < 4.78 is 59.4. The number of hydrogen-bond acceptors (Lipinski definition) is 17. The van der Waals surface area contributed by atoms with E-state index in [-0.39, 0.29) is 31.3 Å². The summed E-state index contributed by atoms with van der Waals surface area (Å²) in [6.45, 7) is 7.81. The summed E-state index contributed by atoms with van der Waals surface area (Å²) in [5.74, 6) is -4.80. The molecule has 1 aromatic rings. The number of ether oxygens (including phenoxy) is 10. The van der Waals surface area contributed by atoms with Crippen LogP contribution in [0.3, 0.4) is 0 Å². The van der Waals surface area contributed by atoms with E-state index in [1.807, 2.05) is 37.3 Å². The molecule has 5 aliphatic heterocycles. The Morgan fingerprint density at radius 3 is 2.11 bits per heavy atom. The van der Waals surface area contributed by atoms with Gasteiger partial charge in [-0.05, 0) is 44.7 Å². The van der Waals surface area contributed by atoms with Crippen molar-refractivity contribution in [1.82, 2.24) is 0 Å². The average molecular weight is 805 g/mol. The SMILES string of the molecule is CC(=O)OC1C(O)C(C)OC(OC2C(OC(=O)C3CCC4C(C3)OC3(CC(OC(=O)C=Cc5ccccc5)C(C)CO3)C43CO3)OC(C)C(O)C2OC(C)=O)C1O. The molecule has 5 heterocycles. The molecule has 57 heavy (non-hydrogen) atoms. The minimum absolute atomic E-state index is 0.109. The second-order valence-corrected chi connectivity index (χ2v) is 16.0. The van der Waals surface area contributed by atoms with Crippen LogP contribution in [0.25, 0.3) is 6.08 Å². The fourth-order valence-electron chi connectivity index (χ4n) is 8.85. The summed E-state index contributed by atoms with van der Waals surface area (Å²) in [5, 5.41) is 32.7. The topological polar surface area (TPSA) is 225 Å². The van der Waals surface area contributed by atoms with Gasteiger partial charge < -0.3 is 62.7 Å².